The zero-order chi connectivity index (χ0) is 18.9. The average molecular weight is 392 g/mol. The van der Waals surface area contributed by atoms with Crippen LogP contribution in [0.1, 0.15) is 12.8 Å². The predicted molar refractivity (Wildman–Crippen MR) is 84.3 cm³/mol. The number of hydrogen-bond acceptors (Lipinski definition) is 8. The Morgan fingerprint density at radius 1 is 1.19 bits per heavy atom. The summed E-state index contributed by atoms with van der Waals surface area (Å²) in [4.78, 5) is 37.7. The van der Waals surface area contributed by atoms with E-state index < -0.39 is 46.4 Å². The number of fused-ring (bicyclic) bond motifs is 2. The number of urea groups is 1. The summed E-state index contributed by atoms with van der Waals surface area (Å²) in [7, 11) is -4.84. The van der Waals surface area contributed by atoms with Crippen LogP contribution in [0.4, 0.5) is 4.79 Å². The van der Waals surface area contributed by atoms with Gasteiger partial charge in [0, 0.05) is 26.2 Å². The van der Waals surface area contributed by atoms with E-state index in [1.165, 1.54) is 0 Å². The highest BCUT2D eigenvalue weighted by atomic mass is 32.3. The SMILES string of the molecule is O=C(NNC(=O)[C@H]1CC[C@@H]2CN1C(=O)N2OS(=O)(=O)O)C1CNCCN1. The van der Waals surface area contributed by atoms with Gasteiger partial charge in [0.05, 0.1) is 6.04 Å². The second-order valence-corrected chi connectivity index (χ2v) is 7.20. The molecule has 146 valence electrons. The lowest BCUT2D eigenvalue weighted by molar-refractivity contribution is -0.132. The summed E-state index contributed by atoms with van der Waals surface area (Å²) in [5, 5.41) is 6.58. The van der Waals surface area contributed by atoms with Crippen molar-refractivity contribution < 1.29 is 31.6 Å². The third-order valence-electron chi connectivity index (χ3n) is 4.47. The minimum Gasteiger partial charge on any atom is -0.313 e. The molecule has 5 N–H and O–H groups in total. The molecule has 0 aromatic carbocycles. The van der Waals surface area contributed by atoms with Gasteiger partial charge in [-0.05, 0) is 12.8 Å². The number of carbonyl (C=O) groups excluding carboxylic acids is 3. The zero-order valence-corrected chi connectivity index (χ0v) is 14.5. The van der Waals surface area contributed by atoms with Crippen LogP contribution >= 0.6 is 0 Å². The van der Waals surface area contributed by atoms with Crippen molar-refractivity contribution in [3.63, 3.8) is 0 Å². The van der Waals surface area contributed by atoms with E-state index in [0.29, 0.717) is 24.6 Å². The van der Waals surface area contributed by atoms with Gasteiger partial charge in [-0.15, -0.1) is 4.28 Å². The van der Waals surface area contributed by atoms with E-state index in [1.54, 1.807) is 0 Å². The molecule has 0 spiro atoms. The maximum Gasteiger partial charge on any atom is 0.418 e. The maximum absolute atomic E-state index is 12.3. The van der Waals surface area contributed by atoms with Crippen LogP contribution in [-0.2, 0) is 24.3 Å². The highest BCUT2D eigenvalue weighted by Crippen LogP contribution is 2.30. The zero-order valence-electron chi connectivity index (χ0n) is 13.7. The normalized spacial score (nSPS) is 28.8. The molecule has 3 atom stereocenters. The Bertz CT molecular complexity index is 694. The number of amides is 4. The van der Waals surface area contributed by atoms with Crippen LogP contribution in [0.15, 0.2) is 0 Å². The monoisotopic (exact) mass is 392 g/mol. The van der Waals surface area contributed by atoms with Crippen LogP contribution in [0.25, 0.3) is 0 Å². The molecule has 26 heavy (non-hydrogen) atoms. The molecule has 0 radical (unpaired) electrons. The van der Waals surface area contributed by atoms with Gasteiger partial charge < -0.3 is 15.5 Å². The first-order chi connectivity index (χ1) is 12.3. The first-order valence-electron chi connectivity index (χ1n) is 8.07. The largest absolute Gasteiger partial charge is 0.418 e. The van der Waals surface area contributed by atoms with E-state index in [-0.39, 0.29) is 13.0 Å². The van der Waals surface area contributed by atoms with E-state index in [4.69, 9.17) is 4.55 Å². The standard InChI is InChI=1S/C12H20N6O7S/c19-10(8-5-13-3-4-14-8)15-16-11(20)9-2-1-7-6-17(9)12(21)18(7)25-26(22,23)24/h7-9,13-14H,1-6H2,(H,15,19)(H,16,20)(H,22,23,24)/t7-,8?,9-/m1/s1. The molecule has 3 aliphatic heterocycles. The summed E-state index contributed by atoms with van der Waals surface area (Å²) in [6.07, 6.45) is 0.560. The second-order valence-electron chi connectivity index (χ2n) is 6.20. The number of hydrazine groups is 1. The minimum absolute atomic E-state index is 0.0779. The molecule has 0 aliphatic carbocycles. The van der Waals surface area contributed by atoms with Gasteiger partial charge in [-0.2, -0.15) is 13.5 Å². The summed E-state index contributed by atoms with van der Waals surface area (Å²) in [6.45, 7) is 1.88. The lowest BCUT2D eigenvalue weighted by Gasteiger charge is -2.29. The highest BCUT2D eigenvalue weighted by Gasteiger charge is 2.49. The average Bonchev–Trinajstić information content (AvgIpc) is 2.84. The number of hydroxylamine groups is 2. The van der Waals surface area contributed by atoms with Crippen molar-refractivity contribution in [2.45, 2.75) is 31.0 Å². The number of hydrogen-bond donors (Lipinski definition) is 5. The van der Waals surface area contributed by atoms with Crippen LogP contribution in [-0.4, -0.2) is 85.1 Å². The van der Waals surface area contributed by atoms with Crippen LogP contribution in [0, 0.1) is 0 Å². The molecule has 3 saturated heterocycles. The third kappa shape index (κ3) is 4.04. The quantitative estimate of drug-likeness (QED) is 0.243. The number of piperazine rings is 1. The van der Waals surface area contributed by atoms with Gasteiger partial charge in [0.25, 0.3) is 11.8 Å². The van der Waals surface area contributed by atoms with Crippen LogP contribution < -0.4 is 21.5 Å². The Hall–Kier alpha value is -2.00. The van der Waals surface area contributed by atoms with Crippen molar-refractivity contribution in [2.24, 2.45) is 0 Å². The van der Waals surface area contributed by atoms with E-state index in [9.17, 15) is 22.8 Å². The van der Waals surface area contributed by atoms with Crippen LogP contribution in [0.5, 0.6) is 0 Å². The lowest BCUT2D eigenvalue weighted by atomic mass is 10.0. The fraction of sp³-hybridized carbons (Fsp3) is 0.750. The van der Waals surface area contributed by atoms with Gasteiger partial charge in [-0.1, -0.05) is 0 Å². The number of piperidine rings is 1. The van der Waals surface area contributed by atoms with Gasteiger partial charge in [-0.25, -0.2) is 4.79 Å². The van der Waals surface area contributed by atoms with E-state index in [1.807, 2.05) is 0 Å². The Kier molecular flexibility index (Phi) is 5.29. The molecule has 13 nitrogen and oxygen atoms in total. The Morgan fingerprint density at radius 3 is 2.58 bits per heavy atom. The molecule has 3 aliphatic rings. The first kappa shape index (κ1) is 18.8. The fourth-order valence-corrected chi connectivity index (χ4v) is 3.62. The fourth-order valence-electron chi connectivity index (χ4n) is 3.24. The Balaban J connectivity index is 1.56. The van der Waals surface area contributed by atoms with Gasteiger partial charge in [0.15, 0.2) is 0 Å². The molecule has 3 heterocycles. The maximum atomic E-state index is 12.3. The molecule has 3 rings (SSSR count). The van der Waals surface area contributed by atoms with Crippen molar-refractivity contribution in [1.29, 1.82) is 0 Å². The summed E-state index contributed by atoms with van der Waals surface area (Å²) in [6, 6.07) is -2.78. The van der Waals surface area contributed by atoms with Crippen molar-refractivity contribution in [2.75, 3.05) is 26.2 Å². The van der Waals surface area contributed by atoms with Crippen molar-refractivity contribution in [1.82, 2.24) is 31.4 Å². The smallest absolute Gasteiger partial charge is 0.313 e. The molecule has 1 unspecified atom stereocenters. The van der Waals surface area contributed by atoms with E-state index in [0.717, 1.165) is 11.4 Å². The molecular formula is C12H20N6O7S. The van der Waals surface area contributed by atoms with E-state index in [2.05, 4.69) is 25.8 Å². The first-order valence-corrected chi connectivity index (χ1v) is 9.43. The van der Waals surface area contributed by atoms with Crippen LogP contribution in [0.3, 0.4) is 0 Å². The van der Waals surface area contributed by atoms with Gasteiger partial charge in [0.1, 0.15) is 12.1 Å². The summed E-state index contributed by atoms with van der Waals surface area (Å²) >= 11 is 0. The topological polar surface area (TPSA) is 169 Å². The summed E-state index contributed by atoms with van der Waals surface area (Å²) in [5.41, 5.74) is 4.60. The molecule has 4 amide bonds. The molecular weight excluding hydrogens is 372 g/mol. The highest BCUT2D eigenvalue weighted by molar-refractivity contribution is 7.80. The minimum atomic E-state index is -4.84. The number of carbonyl (C=O) groups is 3. The number of nitrogens with zero attached hydrogens (tertiary/aromatic N) is 2. The Morgan fingerprint density at radius 2 is 1.92 bits per heavy atom. The Labute approximate surface area is 149 Å². The van der Waals surface area contributed by atoms with E-state index >= 15 is 0 Å². The molecule has 2 bridgehead atoms. The third-order valence-corrected chi connectivity index (χ3v) is 4.82. The van der Waals surface area contributed by atoms with Gasteiger partial charge in [-0.3, -0.25) is 25.0 Å². The lowest BCUT2D eigenvalue weighted by Crippen LogP contribution is -2.60. The molecule has 3 fully saturated rings. The number of nitrogens with one attached hydrogen (secondary N) is 4. The van der Waals surface area contributed by atoms with Crippen molar-refractivity contribution >= 4 is 28.2 Å². The molecule has 0 aromatic heterocycles. The van der Waals surface area contributed by atoms with Gasteiger partial charge >= 0.3 is 16.4 Å². The van der Waals surface area contributed by atoms with Crippen LogP contribution in [0.2, 0.25) is 0 Å². The predicted octanol–water partition coefficient (Wildman–Crippen LogP) is -3.30. The van der Waals surface area contributed by atoms with Gasteiger partial charge in [0.2, 0.25) is 0 Å². The van der Waals surface area contributed by atoms with Crippen molar-refractivity contribution in [3.05, 3.63) is 0 Å². The summed E-state index contributed by atoms with van der Waals surface area (Å²) in [5.74, 6) is -1.01. The molecule has 0 aromatic rings. The summed E-state index contributed by atoms with van der Waals surface area (Å²) < 4.78 is 34.7. The molecule has 14 heteroatoms. The second kappa shape index (κ2) is 7.32. The number of rotatable bonds is 4. The van der Waals surface area contributed by atoms with Crippen molar-refractivity contribution in [3.8, 4) is 0 Å². The molecule has 0 saturated carbocycles.